The number of piperidine rings is 1. The number of piperazine rings is 1. The summed E-state index contributed by atoms with van der Waals surface area (Å²) in [6, 6.07) is 33.1. The fraction of sp³-hybridized carbons (Fsp3) is 0.562. The third kappa shape index (κ3) is 21.9. The van der Waals surface area contributed by atoms with E-state index in [-0.39, 0.29) is 35.2 Å². The topological polar surface area (TPSA) is 266 Å². The normalized spacial score (nSPS) is 22.1. The van der Waals surface area contributed by atoms with Gasteiger partial charge in [-0.3, -0.25) is 32.3 Å². The Balaban J connectivity index is 0.000000138. The number of ether oxygens (including phenoxy) is 3. The van der Waals surface area contributed by atoms with Crippen molar-refractivity contribution in [3.05, 3.63) is 176 Å². The number of unbranched alkanes of at least 4 members (excludes halogenated alkanes) is 2. The van der Waals surface area contributed by atoms with Gasteiger partial charge in [0.15, 0.2) is 0 Å². The van der Waals surface area contributed by atoms with Gasteiger partial charge in [-0.05, 0) is 246 Å². The lowest BCUT2D eigenvalue weighted by Gasteiger charge is -2.39. The molecule has 17 rings (SSSR count). The Kier molecular flexibility index (Phi) is 30.3. The maximum atomic E-state index is 13.8. The number of imidazole rings is 3. The molecule has 0 atom stereocenters. The van der Waals surface area contributed by atoms with E-state index in [9.17, 15) is 14.4 Å². The number of aromatic nitrogens is 12. The highest BCUT2D eigenvalue weighted by Crippen LogP contribution is 2.34. The molecule has 3 aliphatic carbocycles. The van der Waals surface area contributed by atoms with Crippen LogP contribution in [0.5, 0.6) is 0 Å². The Morgan fingerprint density at radius 3 is 1.06 bits per heavy atom. The molecule has 6 N–H and O–H groups in total. The van der Waals surface area contributed by atoms with Crippen molar-refractivity contribution in [3.63, 3.8) is 0 Å². The van der Waals surface area contributed by atoms with Crippen molar-refractivity contribution >= 4 is 41.0 Å². The van der Waals surface area contributed by atoms with E-state index < -0.39 is 0 Å². The number of alkyl halides is 2. The smallest absolute Gasteiger partial charge is 0.333 e. The van der Waals surface area contributed by atoms with Crippen molar-refractivity contribution in [2.24, 2.45) is 5.73 Å². The number of benzene rings is 3. The van der Waals surface area contributed by atoms with Crippen LogP contribution in [0.15, 0.2) is 143 Å². The van der Waals surface area contributed by atoms with Gasteiger partial charge in [-0.25, -0.2) is 44.3 Å². The van der Waals surface area contributed by atoms with Crippen LogP contribution in [0.3, 0.4) is 0 Å². The summed E-state index contributed by atoms with van der Waals surface area (Å²) in [6.07, 6.45) is 37.2. The monoisotopic (exact) mass is 1620 g/mol. The van der Waals surface area contributed by atoms with Gasteiger partial charge in [-0.15, -0.1) is 23.2 Å². The van der Waals surface area contributed by atoms with Crippen molar-refractivity contribution in [2.45, 2.75) is 229 Å². The third-order valence-corrected chi connectivity index (χ3v) is 25.1. The minimum absolute atomic E-state index is 0.0262. The molecule has 0 radical (unpaired) electrons. The molecule has 0 bridgehead atoms. The van der Waals surface area contributed by atoms with Crippen molar-refractivity contribution in [3.8, 4) is 51.2 Å². The predicted molar refractivity (Wildman–Crippen MR) is 463 cm³/mol. The highest BCUT2D eigenvalue weighted by Gasteiger charge is 2.32. The highest BCUT2D eigenvalue weighted by molar-refractivity contribution is 6.18. The summed E-state index contributed by atoms with van der Waals surface area (Å²) in [5.41, 5.74) is 16.4. The number of hydrogen-bond acceptors (Lipinski definition) is 19. The van der Waals surface area contributed by atoms with Crippen LogP contribution in [-0.4, -0.2) is 194 Å². The zero-order chi connectivity index (χ0) is 80.1. The molecule has 25 nitrogen and oxygen atoms in total. The number of nitrogens with zero attached hydrogens (tertiary/aromatic N) is 14. The van der Waals surface area contributed by atoms with Gasteiger partial charge in [-0.1, -0.05) is 49.2 Å². The van der Waals surface area contributed by atoms with E-state index in [1.165, 1.54) is 64.5 Å². The summed E-state index contributed by atoms with van der Waals surface area (Å²) in [5, 5.41) is 14.2. The molecule has 5 aliphatic heterocycles. The quantitative estimate of drug-likeness (QED) is 0.0330. The standard InChI is InChI=1S/C30H40N6O2.C29H39N7O2.C25H32N6O2.C5H10Cl2/c1-22-6-5-7-26(20-22)36-28(21-35(30(36)37)25-13-18-38-19-14-25)27-12-15-31-29(33-27)32-23-8-10-24(11-9-23)34-16-3-2-4-17-34;1-21-3-2-4-25(19-21)36-27(20-35(29(36)37)24-10-17-38-18-11-24)26-9-12-31-28(33-26)32-22-5-7-23(8-6-22)34-15-13-30-14-16-34;1-17-3-2-4-21(15-17)31-23(16-30(25(31)32)20-10-13-33-14-11-20)22-9-12-27-24(29-22)28-19-7-5-18(26)6-8-19;6-4-2-1-3-5-7/h5-7,12,15,20-21,23-25H,2-4,8-11,13-14,16-19H2,1H3,(H,31,32,33);2-4,9,12,19-20,22-24,30H,5-8,10-11,13-18H2,1H3,(H,31,32,33);2-4,9,12,15-16,18-20H,5-8,10-11,13-14,26H2,1H3,(H,27,28,29);1-5H2. The first-order valence-electron chi connectivity index (χ1n) is 43.1. The van der Waals surface area contributed by atoms with E-state index >= 15 is 0 Å². The Bertz CT molecular complexity index is 4550. The average Bonchev–Trinajstić information content (AvgIpc) is 1.63. The van der Waals surface area contributed by atoms with Gasteiger partial charge in [0.05, 0.1) is 51.2 Å². The van der Waals surface area contributed by atoms with Crippen molar-refractivity contribution in [1.29, 1.82) is 0 Å². The van der Waals surface area contributed by atoms with Crippen molar-refractivity contribution in [1.82, 2.24) is 72.4 Å². The molecule has 0 amide bonds. The van der Waals surface area contributed by atoms with Gasteiger partial charge in [0.2, 0.25) is 17.8 Å². The number of likely N-dealkylation sites (tertiary alicyclic amines) is 1. The molecule has 5 saturated heterocycles. The molecule has 11 heterocycles. The summed E-state index contributed by atoms with van der Waals surface area (Å²) in [7, 11) is 0. The summed E-state index contributed by atoms with van der Waals surface area (Å²) in [4.78, 5) is 74.7. The summed E-state index contributed by atoms with van der Waals surface area (Å²) in [6.45, 7) is 17.3. The van der Waals surface area contributed by atoms with Crippen LogP contribution < -0.4 is 44.1 Å². The minimum Gasteiger partial charge on any atom is -0.381 e. The molecule has 8 fully saturated rings. The first-order valence-corrected chi connectivity index (χ1v) is 44.2. The second-order valence-electron chi connectivity index (χ2n) is 32.8. The lowest BCUT2D eigenvalue weighted by Crippen LogP contribution is -2.50. The molecule has 27 heteroatoms. The second kappa shape index (κ2) is 41.8. The number of nitrogens with two attached hydrogens (primary N) is 1. The van der Waals surface area contributed by atoms with E-state index in [4.69, 9.17) is 58.1 Å². The Labute approximate surface area is 692 Å². The number of rotatable bonds is 21. The van der Waals surface area contributed by atoms with Gasteiger partial charge in [0.1, 0.15) is 0 Å². The van der Waals surface area contributed by atoms with Crippen LogP contribution in [0, 0.1) is 20.8 Å². The molecular weight excluding hydrogens is 1500 g/mol. The largest absolute Gasteiger partial charge is 0.381 e. The zero-order valence-electron chi connectivity index (χ0n) is 68.2. The van der Waals surface area contributed by atoms with Gasteiger partial charge in [0, 0.05) is 169 Å². The molecule has 0 unspecified atom stereocenters. The number of nitrogens with one attached hydrogen (secondary N) is 4. The number of hydrogen-bond donors (Lipinski definition) is 5. The average molecular weight is 1620 g/mol. The summed E-state index contributed by atoms with van der Waals surface area (Å²) >= 11 is 10.8. The van der Waals surface area contributed by atoms with Crippen LogP contribution in [0.1, 0.15) is 189 Å². The molecule has 9 aromatic rings. The lowest BCUT2D eigenvalue weighted by atomic mass is 9.89. The van der Waals surface area contributed by atoms with Crippen molar-refractivity contribution in [2.75, 3.05) is 107 Å². The van der Waals surface area contributed by atoms with E-state index in [1.54, 1.807) is 32.3 Å². The van der Waals surface area contributed by atoms with Crippen LogP contribution in [0.25, 0.3) is 51.2 Å². The van der Waals surface area contributed by atoms with Crippen molar-refractivity contribution < 1.29 is 14.2 Å². The summed E-state index contributed by atoms with van der Waals surface area (Å²) < 4.78 is 27.6. The SMILES string of the molecule is Cc1cccc(-n2c(-c3ccnc(NC4CCC(N)CC4)n3)cn(C3CCOCC3)c2=O)c1.Cc1cccc(-n2c(-c3ccnc(NC4CCC(N5CCCCC5)CC4)n3)cn(C3CCOCC3)c2=O)c1.Cc1cccc(-n2c(-c3ccnc(NC4CCC(N5CCNCC5)CC4)n3)cn(C3CCOCC3)c2=O)c1.ClCCCCCCl. The Morgan fingerprint density at radius 1 is 0.405 bits per heavy atom. The number of halogens is 2. The first-order chi connectivity index (χ1) is 56.8. The number of anilines is 3. The maximum absolute atomic E-state index is 13.8. The summed E-state index contributed by atoms with van der Waals surface area (Å²) in [5.74, 6) is 3.42. The maximum Gasteiger partial charge on any atom is 0.333 e. The van der Waals surface area contributed by atoms with Gasteiger partial charge in [0.25, 0.3) is 0 Å². The van der Waals surface area contributed by atoms with E-state index in [1.807, 2.05) is 119 Å². The van der Waals surface area contributed by atoms with E-state index in [2.05, 4.69) is 71.1 Å². The lowest BCUT2D eigenvalue weighted by molar-refractivity contribution is 0.0685. The highest BCUT2D eigenvalue weighted by atomic mass is 35.5. The first kappa shape index (κ1) is 84.1. The van der Waals surface area contributed by atoms with Crippen LogP contribution >= 0.6 is 23.2 Å². The van der Waals surface area contributed by atoms with Gasteiger partial charge in [-0.2, -0.15) is 0 Å². The molecule has 6 aromatic heterocycles. The second-order valence-corrected chi connectivity index (χ2v) is 33.6. The Morgan fingerprint density at radius 2 is 0.733 bits per heavy atom. The molecule has 116 heavy (non-hydrogen) atoms. The number of aryl methyl sites for hydroxylation is 3. The molecule has 3 saturated carbocycles. The molecule has 8 aliphatic rings. The molecule has 3 aromatic carbocycles. The van der Waals surface area contributed by atoms with Crippen LogP contribution in [-0.2, 0) is 14.2 Å². The zero-order valence-corrected chi connectivity index (χ0v) is 69.7. The third-order valence-electron chi connectivity index (χ3n) is 24.5. The van der Waals surface area contributed by atoms with E-state index in [0.717, 1.165) is 215 Å². The molecule has 0 spiro atoms. The fourth-order valence-electron chi connectivity index (χ4n) is 18.0. The van der Waals surface area contributed by atoms with Gasteiger partial charge >= 0.3 is 17.1 Å². The Hall–Kier alpha value is -8.37. The molecular formula is C89H121Cl2N19O6. The predicted octanol–water partition coefficient (Wildman–Crippen LogP) is 14.4. The fourth-order valence-corrected chi connectivity index (χ4v) is 18.4. The molecule has 622 valence electrons. The van der Waals surface area contributed by atoms with Crippen LogP contribution in [0.4, 0.5) is 17.8 Å². The minimum atomic E-state index is -0.0445. The van der Waals surface area contributed by atoms with E-state index in [0.29, 0.717) is 87.7 Å². The van der Waals surface area contributed by atoms with Crippen LogP contribution in [0.2, 0.25) is 0 Å². The van der Waals surface area contributed by atoms with Gasteiger partial charge < -0.3 is 46.1 Å².